The molecule has 14 heteroatoms. The number of aliphatic hydroxyl groups is 2. The number of halogens is 1. The summed E-state index contributed by atoms with van der Waals surface area (Å²) in [6.07, 6.45) is -5.99. The number of nitrogen functional groups attached to an aromatic ring is 1. The van der Waals surface area contributed by atoms with Crippen molar-refractivity contribution in [3.8, 4) is 5.75 Å². The fourth-order valence-electron chi connectivity index (χ4n) is 4.01. The highest BCUT2D eigenvalue weighted by Crippen LogP contribution is 2.53. The van der Waals surface area contributed by atoms with Crippen molar-refractivity contribution in [3.05, 3.63) is 53.1 Å². The molecule has 4 N–H and O–H groups in total. The van der Waals surface area contributed by atoms with Crippen molar-refractivity contribution >= 4 is 19.4 Å². The molecule has 0 amide bonds. The predicted octanol–water partition coefficient (Wildman–Crippen LogP) is 2.05. The molecule has 210 valence electrons. The van der Waals surface area contributed by atoms with Crippen molar-refractivity contribution in [2.45, 2.75) is 63.9 Å². The van der Waals surface area contributed by atoms with Crippen molar-refractivity contribution in [2.75, 3.05) is 18.6 Å². The van der Waals surface area contributed by atoms with Crippen molar-refractivity contribution in [3.63, 3.8) is 0 Å². The lowest BCUT2D eigenvalue weighted by Crippen LogP contribution is -2.51. The fraction of sp³-hybridized carbons (Fsp3) is 0.542. The van der Waals surface area contributed by atoms with Crippen LogP contribution in [0.15, 0.2) is 47.4 Å². The van der Waals surface area contributed by atoms with Gasteiger partial charge in [-0.15, -0.1) is 0 Å². The van der Waals surface area contributed by atoms with Gasteiger partial charge in [0.05, 0.1) is 24.3 Å². The Labute approximate surface area is 219 Å². The number of aromatic nitrogens is 2. The highest BCUT2D eigenvalue weighted by molar-refractivity contribution is 7.54. The number of nitrogens with two attached hydrogens (primary N) is 1. The Balaban J connectivity index is 1.88. The molecule has 0 aliphatic carbocycles. The molecule has 3 rings (SSSR count). The Morgan fingerprint density at radius 1 is 1.26 bits per heavy atom. The van der Waals surface area contributed by atoms with Crippen LogP contribution in [0, 0.1) is 5.92 Å². The number of rotatable bonds is 11. The molecule has 1 aromatic carbocycles. The molecular weight excluding hydrogens is 524 g/mol. The Bertz CT molecular complexity index is 1210. The molecular formula is C24H33FN3O9P. The fourth-order valence-corrected chi connectivity index (χ4v) is 6.10. The Morgan fingerprint density at radius 2 is 1.92 bits per heavy atom. The zero-order valence-electron chi connectivity index (χ0n) is 21.5. The van der Waals surface area contributed by atoms with E-state index in [1.807, 2.05) is 0 Å². The summed E-state index contributed by atoms with van der Waals surface area (Å²) in [6, 6.07) is 9.33. The van der Waals surface area contributed by atoms with Gasteiger partial charge in [-0.25, -0.2) is 13.8 Å². The number of para-hydroxylation sites is 1. The summed E-state index contributed by atoms with van der Waals surface area (Å²) in [7, 11) is -4.15. The number of carbonyl (C=O) groups excluding carboxylic acids is 1. The maximum atomic E-state index is 14.1. The van der Waals surface area contributed by atoms with Crippen LogP contribution >= 0.6 is 7.60 Å². The third-order valence-electron chi connectivity index (χ3n) is 5.88. The standard InChI is InChI=1S/C24H33FN3O9P/c1-14(2)34-21(30)15(3)12-38(33,37-17-8-6-5-7-9-17)36-16(4)19-20(29)24(32,13-25)22(35-19)28-11-10-18(26)27-23(28)31/h5-11,14-16,19-20,22,29,32H,12-13H2,1-4H3,(H2,26,27,31)/t15-,16-,19-,20+,22-,24?,38-/m1/s1. The van der Waals surface area contributed by atoms with E-state index < -0.39 is 74.3 Å². The van der Waals surface area contributed by atoms with Crippen LogP contribution < -0.4 is 15.9 Å². The maximum Gasteiger partial charge on any atom is 0.380 e. The van der Waals surface area contributed by atoms with Crippen LogP contribution in [0.2, 0.25) is 0 Å². The summed E-state index contributed by atoms with van der Waals surface area (Å²) < 4.78 is 51.2. The van der Waals surface area contributed by atoms with Crippen LogP contribution in [0.5, 0.6) is 5.75 Å². The average Bonchev–Trinajstić information content (AvgIpc) is 3.10. The van der Waals surface area contributed by atoms with Gasteiger partial charge in [-0.2, -0.15) is 4.98 Å². The quantitative estimate of drug-likeness (QED) is 0.273. The van der Waals surface area contributed by atoms with Crippen molar-refractivity contribution in [2.24, 2.45) is 5.92 Å². The normalized spacial score (nSPS) is 26.5. The van der Waals surface area contributed by atoms with E-state index in [-0.39, 0.29) is 11.6 Å². The summed E-state index contributed by atoms with van der Waals surface area (Å²) in [6.45, 7) is 4.73. The van der Waals surface area contributed by atoms with Gasteiger partial charge in [0.2, 0.25) is 0 Å². The molecule has 1 aliphatic heterocycles. The highest BCUT2D eigenvalue weighted by atomic mass is 31.2. The number of alkyl halides is 1. The van der Waals surface area contributed by atoms with Crippen LogP contribution in [-0.2, 0) is 23.4 Å². The zero-order valence-corrected chi connectivity index (χ0v) is 22.4. The Kier molecular flexibility index (Phi) is 9.32. The molecule has 0 radical (unpaired) electrons. The first-order valence-corrected chi connectivity index (χ1v) is 13.7. The minimum absolute atomic E-state index is 0.106. The Hall–Kier alpha value is -2.83. The number of nitrogens with zero attached hydrogens (tertiary/aromatic N) is 2. The summed E-state index contributed by atoms with van der Waals surface area (Å²) >= 11 is 0. The van der Waals surface area contributed by atoms with Crippen LogP contribution in [-0.4, -0.2) is 68.6 Å². The van der Waals surface area contributed by atoms with Gasteiger partial charge in [-0.05, 0) is 39.0 Å². The molecule has 1 aromatic heterocycles. The number of carbonyl (C=O) groups is 1. The second-order valence-electron chi connectivity index (χ2n) is 9.46. The first-order chi connectivity index (χ1) is 17.8. The molecule has 0 spiro atoms. The van der Waals surface area contributed by atoms with Gasteiger partial charge in [-0.3, -0.25) is 13.9 Å². The highest BCUT2D eigenvalue weighted by Gasteiger charge is 2.59. The van der Waals surface area contributed by atoms with Gasteiger partial charge in [0.25, 0.3) is 0 Å². The molecule has 2 heterocycles. The zero-order chi connectivity index (χ0) is 28.3. The minimum atomic E-state index is -4.15. The molecule has 0 saturated carbocycles. The van der Waals surface area contributed by atoms with Crippen LogP contribution in [0.25, 0.3) is 0 Å². The number of hydrogen-bond donors (Lipinski definition) is 3. The lowest BCUT2D eigenvalue weighted by atomic mass is 9.93. The second kappa shape index (κ2) is 11.9. The molecule has 12 nitrogen and oxygen atoms in total. The van der Waals surface area contributed by atoms with E-state index in [9.17, 15) is 28.8 Å². The molecule has 1 unspecified atom stereocenters. The third-order valence-corrected chi connectivity index (χ3v) is 8.02. The number of benzene rings is 1. The lowest BCUT2D eigenvalue weighted by Gasteiger charge is -2.30. The summed E-state index contributed by atoms with van der Waals surface area (Å²) in [5.74, 6) is -1.43. The molecule has 1 fully saturated rings. The number of anilines is 1. The average molecular weight is 558 g/mol. The SMILES string of the molecule is CC(C)OC(=O)[C@H](C)C[P@](=O)(Oc1ccccc1)O[C@H](C)[C@H]1O[C@@H](n2ccc(N)nc2=O)C(O)(CF)[C@H]1O. The molecule has 1 aliphatic rings. The monoisotopic (exact) mass is 557 g/mol. The van der Waals surface area contributed by atoms with E-state index in [0.29, 0.717) is 0 Å². The largest absolute Gasteiger partial charge is 0.463 e. The molecule has 0 bridgehead atoms. The first-order valence-electron chi connectivity index (χ1n) is 12.0. The minimum Gasteiger partial charge on any atom is -0.463 e. The predicted molar refractivity (Wildman–Crippen MR) is 134 cm³/mol. The van der Waals surface area contributed by atoms with E-state index >= 15 is 0 Å². The van der Waals surface area contributed by atoms with Crippen LogP contribution in [0.3, 0.4) is 0 Å². The van der Waals surface area contributed by atoms with Gasteiger partial charge in [0.15, 0.2) is 11.8 Å². The summed E-state index contributed by atoms with van der Waals surface area (Å²) in [5.41, 5.74) is 1.99. The third kappa shape index (κ3) is 6.59. The number of aliphatic hydroxyl groups excluding tert-OH is 1. The number of ether oxygens (including phenoxy) is 2. The van der Waals surface area contributed by atoms with Gasteiger partial charge in [0.1, 0.15) is 30.4 Å². The van der Waals surface area contributed by atoms with Crippen molar-refractivity contribution in [1.29, 1.82) is 0 Å². The van der Waals surface area contributed by atoms with E-state index in [4.69, 9.17) is 24.3 Å². The van der Waals surface area contributed by atoms with Crippen molar-refractivity contribution < 1.29 is 42.5 Å². The molecule has 7 atom stereocenters. The second-order valence-corrected chi connectivity index (χ2v) is 11.4. The topological polar surface area (TPSA) is 172 Å². The smallest absolute Gasteiger partial charge is 0.380 e. The van der Waals surface area contributed by atoms with E-state index in [1.54, 1.807) is 32.0 Å². The van der Waals surface area contributed by atoms with E-state index in [2.05, 4.69) is 4.98 Å². The van der Waals surface area contributed by atoms with Gasteiger partial charge < -0.3 is 29.9 Å². The number of esters is 1. The van der Waals surface area contributed by atoms with Crippen molar-refractivity contribution in [1.82, 2.24) is 9.55 Å². The molecule has 38 heavy (non-hydrogen) atoms. The van der Waals surface area contributed by atoms with Gasteiger partial charge in [-0.1, -0.05) is 25.1 Å². The molecule has 2 aromatic rings. The Morgan fingerprint density at radius 3 is 2.50 bits per heavy atom. The number of hydrogen-bond acceptors (Lipinski definition) is 11. The van der Waals surface area contributed by atoms with Crippen LogP contribution in [0.4, 0.5) is 10.2 Å². The van der Waals surface area contributed by atoms with E-state index in [1.165, 1.54) is 32.0 Å². The summed E-state index contributed by atoms with van der Waals surface area (Å²) in [4.78, 5) is 28.3. The summed E-state index contributed by atoms with van der Waals surface area (Å²) in [5, 5.41) is 21.8. The van der Waals surface area contributed by atoms with E-state index in [0.717, 1.165) is 10.8 Å². The van der Waals surface area contributed by atoms with Gasteiger partial charge >= 0.3 is 19.3 Å². The van der Waals surface area contributed by atoms with Crippen LogP contribution in [0.1, 0.15) is 33.9 Å². The first kappa shape index (κ1) is 29.7. The maximum absolute atomic E-state index is 14.1. The van der Waals surface area contributed by atoms with Gasteiger partial charge in [0, 0.05) is 6.20 Å². The lowest BCUT2D eigenvalue weighted by molar-refractivity contribution is -0.151. The molecule has 1 saturated heterocycles.